The van der Waals surface area contributed by atoms with Crippen LogP contribution in [0, 0.1) is 5.92 Å². The SMILES string of the molecule is CCC1=Cc2c(-c3ccc(C(C)(C)C)cc3)cccc2[CH]1[Hf]([Cl])([Cl])([CH]1C(C(C)C)=Cc2c(-c3ccc(C(C)(C)C)cc3)cccc21)[SiH](C)C. The van der Waals surface area contributed by atoms with Crippen LogP contribution in [0.5, 0.6) is 0 Å². The van der Waals surface area contributed by atoms with E-state index in [-0.39, 0.29) is 18.2 Å². The number of hydrogen-bond acceptors (Lipinski definition) is 0. The van der Waals surface area contributed by atoms with Gasteiger partial charge in [-0.1, -0.05) is 0 Å². The van der Waals surface area contributed by atoms with Gasteiger partial charge in [-0.15, -0.1) is 0 Å². The minimum absolute atomic E-state index is 0.0939. The van der Waals surface area contributed by atoms with Gasteiger partial charge in [0, 0.05) is 0 Å². The predicted molar refractivity (Wildman–Crippen MR) is 218 cm³/mol. The monoisotopic (exact) mass is 873 g/mol. The summed E-state index contributed by atoms with van der Waals surface area (Å²) in [6.45, 7) is 25.6. The van der Waals surface area contributed by atoms with E-state index < -0.39 is 21.3 Å². The molecule has 0 saturated carbocycles. The van der Waals surface area contributed by atoms with Gasteiger partial charge in [0.1, 0.15) is 0 Å². The van der Waals surface area contributed by atoms with Gasteiger partial charge in [-0.2, -0.15) is 0 Å². The first-order chi connectivity index (χ1) is 22.9. The van der Waals surface area contributed by atoms with Gasteiger partial charge >= 0.3 is 308 Å². The molecule has 2 aliphatic carbocycles. The standard InChI is InChI=1S/C22H25.C21H23.C2H7Si.2ClH.Hf/c1-15(2)18-13-17-7-6-8-20(21(17)14-18)16-9-11-19(12-10-16)22(3,4)5;1-5-15-13-17-7-6-8-19(20(17)14-15)16-9-11-18(12-10-16)21(2,3)4;1-3-2;;;/h6-15H,1-5H3;6-14H,5H2,1-4H3;3H,1-2H3;2*1H;/q;;;;;+2/p-2. The third kappa shape index (κ3) is 6.19. The number of halogens is 2. The predicted octanol–water partition coefficient (Wildman–Crippen LogP) is 14.2. The zero-order chi connectivity index (χ0) is 35.7. The maximum absolute atomic E-state index is 8.71. The maximum atomic E-state index is 8.71. The van der Waals surface area contributed by atoms with Crippen molar-refractivity contribution in [1.29, 1.82) is 0 Å². The van der Waals surface area contributed by atoms with Crippen LogP contribution in [0.3, 0.4) is 0 Å². The molecular formula is C45H55Cl2HfSi. The molecule has 0 heterocycles. The van der Waals surface area contributed by atoms with Crippen molar-refractivity contribution in [3.8, 4) is 22.3 Å². The first kappa shape index (κ1) is 36.8. The Labute approximate surface area is 305 Å². The molecule has 0 amide bonds. The summed E-state index contributed by atoms with van der Waals surface area (Å²) in [5.41, 5.74) is 16.3. The average Bonchev–Trinajstić information content (AvgIpc) is 3.65. The summed E-state index contributed by atoms with van der Waals surface area (Å²) in [5, 5.41) is 0. The molecule has 4 heteroatoms. The molecule has 0 fully saturated rings. The van der Waals surface area contributed by atoms with Crippen LogP contribution in [0.25, 0.3) is 34.4 Å². The van der Waals surface area contributed by atoms with Gasteiger partial charge in [0.05, 0.1) is 0 Å². The van der Waals surface area contributed by atoms with Crippen LogP contribution in [-0.4, -0.2) is 5.98 Å². The molecule has 6 rings (SSSR count). The third-order valence-corrected chi connectivity index (χ3v) is 84.4. The van der Waals surface area contributed by atoms with Gasteiger partial charge < -0.3 is 0 Å². The van der Waals surface area contributed by atoms with Crippen molar-refractivity contribution in [3.63, 3.8) is 0 Å². The van der Waals surface area contributed by atoms with Crippen molar-refractivity contribution in [3.05, 3.63) is 129 Å². The molecule has 4 aromatic rings. The Hall–Kier alpha value is -1.97. The molecule has 49 heavy (non-hydrogen) atoms. The molecule has 2 aliphatic rings. The quantitative estimate of drug-likeness (QED) is 0.162. The van der Waals surface area contributed by atoms with Crippen LogP contribution in [0.2, 0.25) is 13.1 Å². The van der Waals surface area contributed by atoms with Crippen molar-refractivity contribution in [2.75, 3.05) is 0 Å². The minimum atomic E-state index is -5.01. The van der Waals surface area contributed by atoms with Gasteiger partial charge in [-0.25, -0.2) is 0 Å². The van der Waals surface area contributed by atoms with Crippen molar-refractivity contribution >= 4 is 35.3 Å². The Morgan fingerprint density at radius 1 is 0.633 bits per heavy atom. The fourth-order valence-electron chi connectivity index (χ4n) is 8.60. The second kappa shape index (κ2) is 12.9. The Balaban J connectivity index is 1.53. The van der Waals surface area contributed by atoms with Gasteiger partial charge in [0.15, 0.2) is 0 Å². The van der Waals surface area contributed by atoms with E-state index in [4.69, 9.17) is 17.2 Å². The number of allylic oxidation sites excluding steroid dienone is 2. The van der Waals surface area contributed by atoms with E-state index in [0.29, 0.717) is 5.92 Å². The third-order valence-electron chi connectivity index (χ3n) is 11.7. The molecule has 0 saturated heterocycles. The van der Waals surface area contributed by atoms with Crippen LogP contribution in [-0.2, 0) is 26.1 Å². The van der Waals surface area contributed by atoms with Gasteiger partial charge in [-0.3, -0.25) is 0 Å². The molecule has 0 spiro atoms. The normalized spacial score (nSPS) is 18.6. The molecular weight excluding hydrogens is 818 g/mol. The second-order valence-electron chi connectivity index (χ2n) is 17.4. The molecule has 4 aromatic carbocycles. The summed E-state index contributed by atoms with van der Waals surface area (Å²) in [4.78, 5) is 0. The first-order valence-corrected chi connectivity index (χ1v) is 40.5. The number of fused-ring (bicyclic) bond motifs is 2. The molecule has 0 nitrogen and oxygen atoms in total. The fourth-order valence-corrected chi connectivity index (χ4v) is 53.4. The van der Waals surface area contributed by atoms with Gasteiger partial charge in [0.2, 0.25) is 0 Å². The fraction of sp³-hybridized carbons (Fsp3) is 0.378. The van der Waals surface area contributed by atoms with E-state index in [0.717, 1.165) is 6.42 Å². The summed E-state index contributed by atoms with van der Waals surface area (Å²) in [7, 11) is 17.4. The van der Waals surface area contributed by atoms with Crippen LogP contribution in [0.15, 0.2) is 96.1 Å². The molecule has 2 atom stereocenters. The molecule has 0 aromatic heterocycles. The van der Waals surface area contributed by atoms with Crippen molar-refractivity contribution < 1.29 is 15.3 Å². The molecule has 0 aliphatic heterocycles. The van der Waals surface area contributed by atoms with Crippen molar-refractivity contribution in [2.45, 2.75) is 100 Å². The Morgan fingerprint density at radius 3 is 1.45 bits per heavy atom. The van der Waals surface area contributed by atoms with E-state index >= 15 is 0 Å². The summed E-state index contributed by atoms with van der Waals surface area (Å²) >= 11 is -5.01. The van der Waals surface area contributed by atoms with Crippen LogP contribution < -0.4 is 0 Å². The summed E-state index contributed by atoms with van der Waals surface area (Å²) in [6, 6.07) is 32.2. The first-order valence-electron chi connectivity index (χ1n) is 18.3. The molecule has 2 unspecified atom stereocenters. The van der Waals surface area contributed by atoms with Crippen LogP contribution in [0.4, 0.5) is 0 Å². The zero-order valence-electron chi connectivity index (χ0n) is 31.5. The van der Waals surface area contributed by atoms with Crippen LogP contribution >= 0.6 is 17.2 Å². The number of hydrogen-bond donors (Lipinski definition) is 0. The van der Waals surface area contributed by atoms with E-state index in [9.17, 15) is 0 Å². The van der Waals surface area contributed by atoms with E-state index in [1.807, 2.05) is 0 Å². The average molecular weight is 873 g/mol. The Morgan fingerprint density at radius 2 is 1.06 bits per heavy atom. The Kier molecular flexibility index (Phi) is 9.70. The van der Waals surface area contributed by atoms with E-state index in [1.54, 1.807) is 0 Å². The van der Waals surface area contributed by atoms with E-state index in [1.165, 1.54) is 66.8 Å². The van der Waals surface area contributed by atoms with Crippen LogP contribution in [0.1, 0.15) is 109 Å². The summed E-state index contributed by atoms with van der Waals surface area (Å²) in [5.74, 6) is -1.29. The molecule has 0 radical (unpaired) electrons. The van der Waals surface area contributed by atoms with Crippen molar-refractivity contribution in [2.24, 2.45) is 5.92 Å². The topological polar surface area (TPSA) is 0 Å². The zero-order valence-corrected chi connectivity index (χ0v) is 37.8. The van der Waals surface area contributed by atoms with Gasteiger partial charge in [0.25, 0.3) is 0 Å². The summed E-state index contributed by atoms with van der Waals surface area (Å²) < 4.78 is 0.199. The second-order valence-corrected chi connectivity index (χ2v) is 76.7. The Bertz CT molecular complexity index is 1950. The number of rotatable bonds is 7. The molecule has 0 N–H and O–H groups in total. The summed E-state index contributed by atoms with van der Waals surface area (Å²) in [6.07, 6.45) is 5.93. The molecule has 257 valence electrons. The molecule has 0 bridgehead atoms. The number of benzene rings is 4. The van der Waals surface area contributed by atoms with Gasteiger partial charge in [-0.05, 0) is 0 Å². The van der Waals surface area contributed by atoms with Crippen molar-refractivity contribution in [1.82, 2.24) is 0 Å². The van der Waals surface area contributed by atoms with E-state index in [2.05, 4.69) is 172 Å².